The van der Waals surface area contributed by atoms with Crippen molar-refractivity contribution in [2.24, 2.45) is 5.73 Å². The third-order valence-corrected chi connectivity index (χ3v) is 4.74. The molecule has 1 aliphatic heterocycles. The summed E-state index contributed by atoms with van der Waals surface area (Å²) in [5.41, 5.74) is 6.86. The van der Waals surface area contributed by atoms with Gasteiger partial charge in [-0.1, -0.05) is 0 Å². The van der Waals surface area contributed by atoms with Gasteiger partial charge in [-0.05, 0) is 33.1 Å². The predicted molar refractivity (Wildman–Crippen MR) is 81.2 cm³/mol. The van der Waals surface area contributed by atoms with Crippen LogP contribution in [0.4, 0.5) is 5.13 Å². The van der Waals surface area contributed by atoms with Gasteiger partial charge in [-0.2, -0.15) is 0 Å². The number of rotatable bonds is 5. The molecule has 1 aromatic rings. The van der Waals surface area contributed by atoms with Gasteiger partial charge < -0.3 is 15.4 Å². The molecule has 2 N–H and O–H groups in total. The standard InChI is InChI=1S/C14H23N3O2S/c1-3-19-13(18)11(15)9-12-10(2)16-14(20-12)17-7-5-4-6-8-17/h11H,3-9,15H2,1-2H3. The molecule has 1 atom stereocenters. The van der Waals surface area contributed by atoms with Crippen molar-refractivity contribution in [1.29, 1.82) is 0 Å². The zero-order valence-electron chi connectivity index (χ0n) is 12.2. The molecule has 20 heavy (non-hydrogen) atoms. The number of nitrogens with two attached hydrogens (primary N) is 1. The van der Waals surface area contributed by atoms with Crippen molar-refractivity contribution in [1.82, 2.24) is 4.98 Å². The molecule has 0 spiro atoms. The zero-order chi connectivity index (χ0) is 14.5. The summed E-state index contributed by atoms with van der Waals surface area (Å²) in [5, 5.41) is 1.06. The van der Waals surface area contributed by atoms with Gasteiger partial charge in [0.25, 0.3) is 0 Å². The summed E-state index contributed by atoms with van der Waals surface area (Å²) in [6.45, 7) is 6.30. The summed E-state index contributed by atoms with van der Waals surface area (Å²) in [6.07, 6.45) is 4.28. The van der Waals surface area contributed by atoms with Crippen LogP contribution in [0.5, 0.6) is 0 Å². The summed E-state index contributed by atoms with van der Waals surface area (Å²) >= 11 is 1.66. The van der Waals surface area contributed by atoms with Gasteiger partial charge in [-0.25, -0.2) is 4.98 Å². The van der Waals surface area contributed by atoms with E-state index in [9.17, 15) is 4.79 Å². The van der Waals surface area contributed by atoms with Crippen LogP contribution in [-0.2, 0) is 16.0 Å². The van der Waals surface area contributed by atoms with Crippen molar-refractivity contribution in [3.05, 3.63) is 10.6 Å². The van der Waals surface area contributed by atoms with Crippen LogP contribution in [0.2, 0.25) is 0 Å². The molecule has 0 aromatic carbocycles. The highest BCUT2D eigenvalue weighted by molar-refractivity contribution is 7.15. The normalized spacial score (nSPS) is 17.1. The van der Waals surface area contributed by atoms with Gasteiger partial charge in [0, 0.05) is 24.4 Å². The highest BCUT2D eigenvalue weighted by Crippen LogP contribution is 2.29. The lowest BCUT2D eigenvalue weighted by molar-refractivity contribution is -0.144. The van der Waals surface area contributed by atoms with Crippen molar-refractivity contribution < 1.29 is 9.53 Å². The van der Waals surface area contributed by atoms with Crippen molar-refractivity contribution in [2.75, 3.05) is 24.6 Å². The van der Waals surface area contributed by atoms with E-state index in [1.165, 1.54) is 19.3 Å². The molecule has 2 heterocycles. The minimum absolute atomic E-state index is 0.333. The summed E-state index contributed by atoms with van der Waals surface area (Å²) in [6, 6.07) is -0.594. The SMILES string of the molecule is CCOC(=O)C(N)Cc1sc(N2CCCCC2)nc1C. The number of piperidine rings is 1. The van der Waals surface area contributed by atoms with Gasteiger partial charge in [-0.15, -0.1) is 11.3 Å². The molecule has 0 bridgehead atoms. The average molecular weight is 297 g/mol. The highest BCUT2D eigenvalue weighted by Gasteiger charge is 2.21. The molecule has 1 aliphatic rings. The van der Waals surface area contributed by atoms with Gasteiger partial charge in [-0.3, -0.25) is 4.79 Å². The van der Waals surface area contributed by atoms with E-state index in [4.69, 9.17) is 10.5 Å². The first-order valence-electron chi connectivity index (χ1n) is 7.25. The average Bonchev–Trinajstić information content (AvgIpc) is 2.81. The molecule has 6 heteroatoms. The minimum atomic E-state index is -0.594. The van der Waals surface area contributed by atoms with Gasteiger partial charge >= 0.3 is 5.97 Å². The molecule has 5 nitrogen and oxygen atoms in total. The van der Waals surface area contributed by atoms with Crippen LogP contribution in [0.25, 0.3) is 0 Å². The molecule has 0 amide bonds. The fraction of sp³-hybridized carbons (Fsp3) is 0.714. The smallest absolute Gasteiger partial charge is 0.323 e. The Hall–Kier alpha value is -1.14. The third kappa shape index (κ3) is 3.70. The molecule has 0 saturated carbocycles. The Morgan fingerprint density at radius 2 is 2.15 bits per heavy atom. The number of hydrogen-bond acceptors (Lipinski definition) is 6. The zero-order valence-corrected chi connectivity index (χ0v) is 13.0. The van der Waals surface area contributed by atoms with Crippen LogP contribution < -0.4 is 10.6 Å². The van der Waals surface area contributed by atoms with Crippen molar-refractivity contribution >= 4 is 22.4 Å². The summed E-state index contributed by atoms with van der Waals surface area (Å²) < 4.78 is 4.95. The van der Waals surface area contributed by atoms with Crippen molar-refractivity contribution in [3.63, 3.8) is 0 Å². The topological polar surface area (TPSA) is 68.5 Å². The van der Waals surface area contributed by atoms with Crippen LogP contribution in [0, 0.1) is 6.92 Å². The van der Waals surface area contributed by atoms with Crippen LogP contribution in [-0.4, -0.2) is 36.7 Å². The Morgan fingerprint density at radius 1 is 1.45 bits per heavy atom. The maximum absolute atomic E-state index is 11.6. The van der Waals surface area contributed by atoms with Gasteiger partial charge in [0.05, 0.1) is 12.3 Å². The largest absolute Gasteiger partial charge is 0.465 e. The predicted octanol–water partition coefficient (Wildman–Crippen LogP) is 1.87. The lowest BCUT2D eigenvalue weighted by Gasteiger charge is -2.25. The molecule has 1 unspecified atom stereocenters. The maximum atomic E-state index is 11.6. The second kappa shape index (κ2) is 7.04. The number of aromatic nitrogens is 1. The molecule has 1 fully saturated rings. The van der Waals surface area contributed by atoms with Gasteiger partial charge in [0.1, 0.15) is 6.04 Å². The van der Waals surface area contributed by atoms with Gasteiger partial charge in [0.2, 0.25) is 0 Å². The molecule has 1 aromatic heterocycles. The molecule has 1 saturated heterocycles. The number of aryl methyl sites for hydroxylation is 1. The number of carbonyl (C=O) groups is 1. The van der Waals surface area contributed by atoms with Crippen LogP contribution in [0.1, 0.15) is 36.8 Å². The lowest BCUT2D eigenvalue weighted by Crippen LogP contribution is -2.34. The Balaban J connectivity index is 2.01. The van der Waals surface area contributed by atoms with Crippen molar-refractivity contribution in [2.45, 2.75) is 45.6 Å². The molecule has 2 rings (SSSR count). The van der Waals surface area contributed by atoms with E-state index in [0.29, 0.717) is 13.0 Å². The Morgan fingerprint density at radius 3 is 2.80 bits per heavy atom. The summed E-state index contributed by atoms with van der Waals surface area (Å²) in [4.78, 5) is 19.6. The molecule has 112 valence electrons. The molecular weight excluding hydrogens is 274 g/mol. The van der Waals surface area contributed by atoms with E-state index in [1.54, 1.807) is 18.3 Å². The number of nitrogens with zero attached hydrogens (tertiary/aromatic N) is 2. The Kier molecular flexibility index (Phi) is 5.37. The number of carbonyl (C=O) groups excluding carboxylic acids is 1. The van der Waals surface area contributed by atoms with E-state index in [2.05, 4.69) is 9.88 Å². The summed E-state index contributed by atoms with van der Waals surface area (Å²) in [7, 11) is 0. The van der Waals surface area contributed by atoms with Crippen LogP contribution in [0.15, 0.2) is 0 Å². The van der Waals surface area contributed by atoms with Crippen molar-refractivity contribution in [3.8, 4) is 0 Å². The third-order valence-electron chi connectivity index (χ3n) is 3.50. The fourth-order valence-electron chi connectivity index (χ4n) is 2.35. The first-order chi connectivity index (χ1) is 9.61. The number of esters is 1. The number of hydrogen-bond donors (Lipinski definition) is 1. The first kappa shape index (κ1) is 15.3. The number of thiazole rings is 1. The first-order valence-corrected chi connectivity index (χ1v) is 8.07. The Bertz CT molecular complexity index is 455. The number of ether oxygens (including phenoxy) is 1. The van der Waals surface area contributed by atoms with E-state index < -0.39 is 6.04 Å². The number of anilines is 1. The van der Waals surface area contributed by atoms with E-state index in [-0.39, 0.29) is 5.97 Å². The highest BCUT2D eigenvalue weighted by atomic mass is 32.1. The minimum Gasteiger partial charge on any atom is -0.465 e. The van der Waals surface area contributed by atoms with E-state index in [0.717, 1.165) is 28.8 Å². The summed E-state index contributed by atoms with van der Waals surface area (Å²) in [5.74, 6) is -0.333. The fourth-order valence-corrected chi connectivity index (χ4v) is 3.53. The monoisotopic (exact) mass is 297 g/mol. The molecule has 0 aliphatic carbocycles. The maximum Gasteiger partial charge on any atom is 0.323 e. The van der Waals surface area contributed by atoms with Crippen LogP contribution in [0.3, 0.4) is 0 Å². The second-order valence-corrected chi connectivity index (χ2v) is 6.18. The van der Waals surface area contributed by atoms with E-state index in [1.807, 2.05) is 6.92 Å². The van der Waals surface area contributed by atoms with E-state index >= 15 is 0 Å². The van der Waals surface area contributed by atoms with Crippen LogP contribution >= 0.6 is 11.3 Å². The van der Waals surface area contributed by atoms with Gasteiger partial charge in [0.15, 0.2) is 5.13 Å². The lowest BCUT2D eigenvalue weighted by atomic mass is 10.1. The molecule has 0 radical (unpaired) electrons. The quantitative estimate of drug-likeness (QED) is 0.840. The Labute approximate surface area is 124 Å². The molecular formula is C14H23N3O2S. The second-order valence-electron chi connectivity index (χ2n) is 5.12.